The molecule has 1 aromatic carbocycles. The third-order valence-corrected chi connectivity index (χ3v) is 1.96. The molecule has 0 spiro atoms. The lowest BCUT2D eigenvalue weighted by atomic mass is 10.1. The predicted molar refractivity (Wildman–Crippen MR) is 55.7 cm³/mol. The standard InChI is InChI=1S/C10H9N3O2/c14-10(15)13-8-4-2-1-3-7(8)9-5-11-6-12-9/h1-6,13H,(H,11,12)(H,14,15). The molecule has 2 aromatic rings. The van der Waals surface area contributed by atoms with Gasteiger partial charge in [0, 0.05) is 5.56 Å². The third-order valence-electron chi connectivity index (χ3n) is 1.96. The van der Waals surface area contributed by atoms with E-state index in [-0.39, 0.29) is 0 Å². The molecule has 1 heterocycles. The Morgan fingerprint density at radius 2 is 2.20 bits per heavy atom. The first-order valence-electron chi connectivity index (χ1n) is 4.35. The van der Waals surface area contributed by atoms with Gasteiger partial charge in [-0.2, -0.15) is 0 Å². The van der Waals surface area contributed by atoms with Gasteiger partial charge in [-0.25, -0.2) is 9.78 Å². The predicted octanol–water partition coefficient (Wildman–Crippen LogP) is 2.17. The number of para-hydroxylation sites is 1. The molecule has 0 unspecified atom stereocenters. The quantitative estimate of drug-likeness (QED) is 0.699. The van der Waals surface area contributed by atoms with Crippen LogP contribution in [0.15, 0.2) is 36.8 Å². The molecule has 0 saturated carbocycles. The zero-order chi connectivity index (χ0) is 10.7. The number of anilines is 1. The normalized spacial score (nSPS) is 9.87. The van der Waals surface area contributed by atoms with Crippen molar-refractivity contribution in [1.82, 2.24) is 9.97 Å². The fourth-order valence-corrected chi connectivity index (χ4v) is 1.35. The van der Waals surface area contributed by atoms with E-state index < -0.39 is 6.09 Å². The van der Waals surface area contributed by atoms with E-state index in [2.05, 4.69) is 15.3 Å². The zero-order valence-electron chi connectivity index (χ0n) is 7.77. The van der Waals surface area contributed by atoms with Crippen molar-refractivity contribution in [2.45, 2.75) is 0 Å². The van der Waals surface area contributed by atoms with Crippen molar-refractivity contribution in [3.8, 4) is 11.3 Å². The van der Waals surface area contributed by atoms with Gasteiger partial charge in [-0.05, 0) is 6.07 Å². The summed E-state index contributed by atoms with van der Waals surface area (Å²) in [6, 6.07) is 7.12. The minimum absolute atomic E-state index is 0.536. The number of rotatable bonds is 2. The number of hydrogen-bond acceptors (Lipinski definition) is 2. The molecular weight excluding hydrogens is 194 g/mol. The van der Waals surface area contributed by atoms with E-state index in [0.29, 0.717) is 5.69 Å². The molecule has 5 heteroatoms. The summed E-state index contributed by atoms with van der Waals surface area (Å²) in [7, 11) is 0. The number of nitrogens with one attached hydrogen (secondary N) is 2. The number of aromatic nitrogens is 2. The summed E-state index contributed by atoms with van der Waals surface area (Å²) in [5.74, 6) is 0. The fraction of sp³-hybridized carbons (Fsp3) is 0. The maximum Gasteiger partial charge on any atom is 0.409 e. The number of H-pyrrole nitrogens is 1. The third kappa shape index (κ3) is 1.96. The summed E-state index contributed by atoms with van der Waals surface area (Å²) in [6.45, 7) is 0. The smallest absolute Gasteiger partial charge is 0.409 e. The molecule has 76 valence electrons. The number of imidazole rings is 1. The molecule has 0 saturated heterocycles. The average molecular weight is 203 g/mol. The van der Waals surface area contributed by atoms with Crippen LogP contribution in [0, 0.1) is 0 Å². The summed E-state index contributed by atoms with van der Waals surface area (Å²) in [4.78, 5) is 17.4. The number of benzene rings is 1. The number of hydrogen-bond donors (Lipinski definition) is 3. The molecule has 1 amide bonds. The van der Waals surface area contributed by atoms with E-state index in [1.165, 1.54) is 0 Å². The molecule has 0 radical (unpaired) electrons. The number of amides is 1. The average Bonchev–Trinajstić information content (AvgIpc) is 2.70. The van der Waals surface area contributed by atoms with E-state index in [0.717, 1.165) is 11.3 Å². The van der Waals surface area contributed by atoms with Crippen molar-refractivity contribution >= 4 is 11.8 Å². The highest BCUT2D eigenvalue weighted by molar-refractivity contribution is 5.89. The van der Waals surface area contributed by atoms with Crippen LogP contribution in [-0.2, 0) is 0 Å². The second-order valence-electron chi connectivity index (χ2n) is 2.94. The van der Waals surface area contributed by atoms with Crippen molar-refractivity contribution in [2.75, 3.05) is 5.32 Å². The molecule has 2 rings (SSSR count). The van der Waals surface area contributed by atoms with Gasteiger partial charge in [-0.3, -0.25) is 5.32 Å². The van der Waals surface area contributed by atoms with Gasteiger partial charge in [0.25, 0.3) is 0 Å². The van der Waals surface area contributed by atoms with E-state index in [9.17, 15) is 4.79 Å². The highest BCUT2D eigenvalue weighted by Crippen LogP contribution is 2.25. The Morgan fingerprint density at radius 3 is 2.87 bits per heavy atom. The Bertz CT molecular complexity index is 465. The van der Waals surface area contributed by atoms with Crippen LogP contribution in [0.5, 0.6) is 0 Å². The largest absolute Gasteiger partial charge is 0.465 e. The molecule has 0 aliphatic heterocycles. The SMILES string of the molecule is O=C(O)Nc1ccccc1-c1cnc[nH]1. The summed E-state index contributed by atoms with van der Waals surface area (Å²) in [6.07, 6.45) is 2.11. The molecule has 1 aromatic heterocycles. The van der Waals surface area contributed by atoms with Gasteiger partial charge in [0.05, 0.1) is 23.9 Å². The van der Waals surface area contributed by atoms with Crippen LogP contribution in [0.25, 0.3) is 11.3 Å². The minimum Gasteiger partial charge on any atom is -0.465 e. The van der Waals surface area contributed by atoms with Gasteiger partial charge in [-0.15, -0.1) is 0 Å². The van der Waals surface area contributed by atoms with Gasteiger partial charge >= 0.3 is 6.09 Å². The topological polar surface area (TPSA) is 78.0 Å². The molecule has 15 heavy (non-hydrogen) atoms. The Balaban J connectivity index is 2.42. The van der Waals surface area contributed by atoms with Crippen molar-refractivity contribution < 1.29 is 9.90 Å². The van der Waals surface area contributed by atoms with Crippen LogP contribution < -0.4 is 5.32 Å². The van der Waals surface area contributed by atoms with Gasteiger partial charge in [0.1, 0.15) is 0 Å². The number of aromatic amines is 1. The van der Waals surface area contributed by atoms with Gasteiger partial charge < -0.3 is 10.1 Å². The molecule has 0 atom stereocenters. The van der Waals surface area contributed by atoms with Crippen LogP contribution in [0.1, 0.15) is 0 Å². The zero-order valence-corrected chi connectivity index (χ0v) is 7.77. The maximum absolute atomic E-state index is 10.6. The monoisotopic (exact) mass is 203 g/mol. The molecule has 0 aliphatic carbocycles. The van der Waals surface area contributed by atoms with Gasteiger partial charge in [0.15, 0.2) is 0 Å². The highest BCUT2D eigenvalue weighted by atomic mass is 16.4. The highest BCUT2D eigenvalue weighted by Gasteiger charge is 2.07. The maximum atomic E-state index is 10.6. The second kappa shape index (κ2) is 3.83. The second-order valence-corrected chi connectivity index (χ2v) is 2.94. The molecule has 0 fully saturated rings. The van der Waals surface area contributed by atoms with Crippen LogP contribution in [0.3, 0.4) is 0 Å². The van der Waals surface area contributed by atoms with Crippen molar-refractivity contribution in [3.63, 3.8) is 0 Å². The first-order chi connectivity index (χ1) is 7.27. The molecule has 3 N–H and O–H groups in total. The first-order valence-corrected chi connectivity index (χ1v) is 4.35. The van der Waals surface area contributed by atoms with Crippen LogP contribution in [-0.4, -0.2) is 21.2 Å². The van der Waals surface area contributed by atoms with E-state index in [4.69, 9.17) is 5.11 Å². The lowest BCUT2D eigenvalue weighted by Gasteiger charge is -2.06. The van der Waals surface area contributed by atoms with Gasteiger partial charge in [0.2, 0.25) is 0 Å². The number of carbonyl (C=O) groups is 1. The van der Waals surface area contributed by atoms with E-state index in [1.54, 1.807) is 24.7 Å². The molecular formula is C10H9N3O2. The Morgan fingerprint density at radius 1 is 1.40 bits per heavy atom. The Kier molecular flexibility index (Phi) is 2.37. The number of nitrogens with zero attached hydrogens (tertiary/aromatic N) is 1. The number of carboxylic acid groups (broad SMARTS) is 1. The molecule has 0 aliphatic rings. The molecule has 5 nitrogen and oxygen atoms in total. The van der Waals surface area contributed by atoms with Crippen molar-refractivity contribution in [2.24, 2.45) is 0 Å². The van der Waals surface area contributed by atoms with Gasteiger partial charge in [-0.1, -0.05) is 18.2 Å². The summed E-state index contributed by atoms with van der Waals surface area (Å²) in [5, 5.41) is 11.0. The lowest BCUT2D eigenvalue weighted by Crippen LogP contribution is -2.08. The van der Waals surface area contributed by atoms with Crippen LogP contribution in [0.4, 0.5) is 10.5 Å². The first kappa shape index (κ1) is 9.26. The van der Waals surface area contributed by atoms with Crippen molar-refractivity contribution in [1.29, 1.82) is 0 Å². The molecule has 0 bridgehead atoms. The van der Waals surface area contributed by atoms with E-state index in [1.807, 2.05) is 12.1 Å². The minimum atomic E-state index is -1.08. The summed E-state index contributed by atoms with van der Waals surface area (Å²) >= 11 is 0. The Labute approximate surface area is 85.8 Å². The fourth-order valence-electron chi connectivity index (χ4n) is 1.35. The van der Waals surface area contributed by atoms with Crippen LogP contribution >= 0.6 is 0 Å². The lowest BCUT2D eigenvalue weighted by molar-refractivity contribution is 0.210. The summed E-state index contributed by atoms with van der Waals surface area (Å²) in [5.41, 5.74) is 2.09. The van der Waals surface area contributed by atoms with Crippen LogP contribution in [0.2, 0.25) is 0 Å². The summed E-state index contributed by atoms with van der Waals surface area (Å²) < 4.78 is 0. The Hall–Kier alpha value is -2.30. The van der Waals surface area contributed by atoms with E-state index >= 15 is 0 Å². The van der Waals surface area contributed by atoms with Crippen molar-refractivity contribution in [3.05, 3.63) is 36.8 Å².